The average Bonchev–Trinajstić information content (AvgIpc) is 2.48. The third-order valence-corrected chi connectivity index (χ3v) is 4.64. The first-order valence-corrected chi connectivity index (χ1v) is 7.73. The number of nitrogens with zero attached hydrogens (tertiary/aromatic N) is 2. The van der Waals surface area contributed by atoms with Crippen LogP contribution in [0.5, 0.6) is 0 Å². The zero-order chi connectivity index (χ0) is 13.9. The normalized spacial score (nSPS) is 22.1. The van der Waals surface area contributed by atoms with E-state index >= 15 is 0 Å². The van der Waals surface area contributed by atoms with Gasteiger partial charge in [0.25, 0.3) is 0 Å². The van der Waals surface area contributed by atoms with Crippen molar-refractivity contribution in [3.63, 3.8) is 0 Å². The number of benzene rings is 1. The number of anilines is 2. The summed E-state index contributed by atoms with van der Waals surface area (Å²) in [6, 6.07) is 6.50. The zero-order valence-electron chi connectivity index (χ0n) is 11.7. The lowest BCUT2D eigenvalue weighted by atomic mass is 10.0. The van der Waals surface area contributed by atoms with E-state index in [1.165, 1.54) is 12.8 Å². The number of nitrogen functional groups attached to an aromatic ring is 1. The van der Waals surface area contributed by atoms with E-state index in [1.54, 1.807) is 0 Å². The topological polar surface area (TPSA) is 41.7 Å². The van der Waals surface area contributed by atoms with Gasteiger partial charge in [-0.05, 0) is 31.0 Å². The molecule has 3 rings (SSSR count). The summed E-state index contributed by atoms with van der Waals surface area (Å²) in [5.41, 5.74) is 7.59. The van der Waals surface area contributed by atoms with Crippen LogP contribution in [0.15, 0.2) is 18.2 Å². The van der Waals surface area contributed by atoms with E-state index < -0.39 is 0 Å². The van der Waals surface area contributed by atoms with Crippen LogP contribution in [0.2, 0.25) is 5.02 Å². The summed E-state index contributed by atoms with van der Waals surface area (Å²) >= 11 is 6.30. The van der Waals surface area contributed by atoms with Gasteiger partial charge in [-0.15, -0.1) is 0 Å². The molecule has 2 aliphatic rings. The third-order valence-electron chi connectivity index (χ3n) is 4.34. The van der Waals surface area contributed by atoms with Crippen LogP contribution in [-0.4, -0.2) is 50.3 Å². The lowest BCUT2D eigenvalue weighted by Gasteiger charge is -2.41. The number of nitrogens with two attached hydrogens (primary N) is 1. The second kappa shape index (κ2) is 6.20. The molecule has 0 saturated carbocycles. The average molecular weight is 296 g/mol. The fourth-order valence-electron chi connectivity index (χ4n) is 3.19. The molecule has 2 saturated heterocycles. The Kier molecular flexibility index (Phi) is 4.34. The molecule has 1 aromatic carbocycles. The second-order valence-corrected chi connectivity index (χ2v) is 5.98. The van der Waals surface area contributed by atoms with E-state index in [-0.39, 0.29) is 0 Å². The number of morpholine rings is 1. The number of hydrogen-bond donors (Lipinski definition) is 1. The van der Waals surface area contributed by atoms with Crippen molar-refractivity contribution < 1.29 is 4.74 Å². The van der Waals surface area contributed by atoms with Gasteiger partial charge in [0, 0.05) is 37.9 Å². The maximum absolute atomic E-state index is 6.30. The van der Waals surface area contributed by atoms with Gasteiger partial charge in [-0.25, -0.2) is 0 Å². The van der Waals surface area contributed by atoms with Gasteiger partial charge < -0.3 is 15.4 Å². The summed E-state index contributed by atoms with van der Waals surface area (Å²) in [5.74, 6) is 0. The molecule has 0 bridgehead atoms. The summed E-state index contributed by atoms with van der Waals surface area (Å²) in [5, 5.41) is 0.759. The van der Waals surface area contributed by atoms with Crippen LogP contribution >= 0.6 is 11.6 Å². The summed E-state index contributed by atoms with van der Waals surface area (Å²) in [7, 11) is 0. The van der Waals surface area contributed by atoms with Gasteiger partial charge in [-0.1, -0.05) is 11.6 Å². The number of hydrogen-bond acceptors (Lipinski definition) is 4. The predicted octanol–water partition coefficient (Wildman–Crippen LogP) is 2.22. The summed E-state index contributed by atoms with van der Waals surface area (Å²) in [6.07, 6.45) is 2.39. The Bertz CT molecular complexity index is 454. The first-order chi connectivity index (χ1) is 9.74. The molecule has 2 aliphatic heterocycles. The summed E-state index contributed by atoms with van der Waals surface area (Å²) < 4.78 is 5.43. The molecule has 0 amide bonds. The third kappa shape index (κ3) is 3.03. The second-order valence-electron chi connectivity index (χ2n) is 5.58. The van der Waals surface area contributed by atoms with Crippen molar-refractivity contribution in [2.45, 2.75) is 18.9 Å². The molecule has 2 heterocycles. The van der Waals surface area contributed by atoms with Crippen molar-refractivity contribution in [1.82, 2.24) is 4.90 Å². The van der Waals surface area contributed by atoms with Gasteiger partial charge in [0.1, 0.15) is 0 Å². The van der Waals surface area contributed by atoms with Crippen molar-refractivity contribution in [2.24, 2.45) is 0 Å². The van der Waals surface area contributed by atoms with Gasteiger partial charge >= 0.3 is 0 Å². The monoisotopic (exact) mass is 295 g/mol. The number of halogens is 1. The van der Waals surface area contributed by atoms with E-state index in [4.69, 9.17) is 22.1 Å². The van der Waals surface area contributed by atoms with Crippen LogP contribution < -0.4 is 10.6 Å². The van der Waals surface area contributed by atoms with Crippen molar-refractivity contribution in [1.29, 1.82) is 0 Å². The van der Waals surface area contributed by atoms with Gasteiger partial charge in [-0.2, -0.15) is 0 Å². The standard InChI is InChI=1S/C15H22ClN3O/c16-14-11-12(17)1-2-15(14)19-5-3-13(4-6-19)18-7-9-20-10-8-18/h1-2,11,13H,3-10,17H2. The highest BCUT2D eigenvalue weighted by Gasteiger charge is 2.26. The molecule has 5 heteroatoms. The molecule has 20 heavy (non-hydrogen) atoms. The summed E-state index contributed by atoms with van der Waals surface area (Å²) in [6.45, 7) is 6.03. The van der Waals surface area contributed by atoms with E-state index in [1.807, 2.05) is 18.2 Å². The van der Waals surface area contributed by atoms with Crippen LogP contribution in [0, 0.1) is 0 Å². The molecular weight excluding hydrogens is 274 g/mol. The first kappa shape index (κ1) is 14.0. The Labute approximate surface area is 125 Å². The smallest absolute Gasteiger partial charge is 0.0660 e. The molecule has 0 atom stereocenters. The Morgan fingerprint density at radius 1 is 1.10 bits per heavy atom. The van der Waals surface area contributed by atoms with E-state index in [0.29, 0.717) is 6.04 Å². The number of piperidine rings is 1. The molecule has 0 aliphatic carbocycles. The molecule has 0 aromatic heterocycles. The van der Waals surface area contributed by atoms with Crippen molar-refractivity contribution in [3.05, 3.63) is 23.2 Å². The van der Waals surface area contributed by atoms with E-state index in [9.17, 15) is 0 Å². The van der Waals surface area contributed by atoms with Gasteiger partial charge in [0.2, 0.25) is 0 Å². The Morgan fingerprint density at radius 3 is 2.45 bits per heavy atom. The van der Waals surface area contributed by atoms with Crippen LogP contribution in [0.1, 0.15) is 12.8 Å². The van der Waals surface area contributed by atoms with E-state index in [2.05, 4.69) is 9.80 Å². The molecule has 2 fully saturated rings. The maximum atomic E-state index is 6.30. The quantitative estimate of drug-likeness (QED) is 0.850. The van der Waals surface area contributed by atoms with E-state index in [0.717, 1.165) is 55.8 Å². The Morgan fingerprint density at radius 2 is 1.80 bits per heavy atom. The molecule has 110 valence electrons. The highest BCUT2D eigenvalue weighted by molar-refractivity contribution is 6.33. The lowest BCUT2D eigenvalue weighted by Crippen LogP contribution is -2.49. The minimum absolute atomic E-state index is 0.697. The molecule has 1 aromatic rings. The van der Waals surface area contributed by atoms with Gasteiger partial charge in [0.15, 0.2) is 0 Å². The Hall–Kier alpha value is -0.970. The molecule has 4 nitrogen and oxygen atoms in total. The predicted molar refractivity (Wildman–Crippen MR) is 83.5 cm³/mol. The van der Waals surface area contributed by atoms with Crippen LogP contribution in [0.25, 0.3) is 0 Å². The van der Waals surface area contributed by atoms with Crippen molar-refractivity contribution in [3.8, 4) is 0 Å². The fourth-order valence-corrected chi connectivity index (χ4v) is 3.50. The number of ether oxygens (including phenoxy) is 1. The van der Waals surface area contributed by atoms with Crippen molar-refractivity contribution >= 4 is 23.0 Å². The maximum Gasteiger partial charge on any atom is 0.0660 e. The fraction of sp³-hybridized carbons (Fsp3) is 0.600. The SMILES string of the molecule is Nc1ccc(N2CCC(N3CCOCC3)CC2)c(Cl)c1. The lowest BCUT2D eigenvalue weighted by molar-refractivity contribution is 0.0115. The van der Waals surface area contributed by atoms with Crippen molar-refractivity contribution in [2.75, 3.05) is 50.0 Å². The van der Waals surface area contributed by atoms with Crippen LogP contribution in [-0.2, 0) is 4.74 Å². The molecule has 0 unspecified atom stereocenters. The zero-order valence-corrected chi connectivity index (χ0v) is 12.5. The Balaban J connectivity index is 1.60. The minimum atomic E-state index is 0.697. The summed E-state index contributed by atoms with van der Waals surface area (Å²) in [4.78, 5) is 4.95. The van der Waals surface area contributed by atoms with Gasteiger partial charge in [0.05, 0.1) is 23.9 Å². The first-order valence-electron chi connectivity index (χ1n) is 7.36. The van der Waals surface area contributed by atoms with Gasteiger partial charge in [-0.3, -0.25) is 4.90 Å². The molecular formula is C15H22ClN3O. The van der Waals surface area contributed by atoms with Crippen LogP contribution in [0.4, 0.5) is 11.4 Å². The largest absolute Gasteiger partial charge is 0.399 e. The molecule has 2 N–H and O–H groups in total. The minimum Gasteiger partial charge on any atom is -0.399 e. The highest BCUT2D eigenvalue weighted by atomic mass is 35.5. The molecule has 0 radical (unpaired) electrons. The van der Waals surface area contributed by atoms with Crippen LogP contribution in [0.3, 0.4) is 0 Å². The highest BCUT2D eigenvalue weighted by Crippen LogP contribution is 2.30. The number of rotatable bonds is 2. The molecule has 0 spiro atoms.